The topological polar surface area (TPSA) is 99.5 Å². The van der Waals surface area contributed by atoms with Crippen LogP contribution >= 0.6 is 0 Å². The molecule has 8 heteroatoms. The summed E-state index contributed by atoms with van der Waals surface area (Å²) in [5, 5.41) is 6.75. The van der Waals surface area contributed by atoms with E-state index in [1.165, 1.54) is 0 Å². The summed E-state index contributed by atoms with van der Waals surface area (Å²) in [5.74, 6) is -1.51. The highest BCUT2D eigenvalue weighted by molar-refractivity contribution is 5.96. The van der Waals surface area contributed by atoms with Gasteiger partial charge in [-0.15, -0.1) is 0 Å². The third-order valence-corrected chi connectivity index (χ3v) is 4.17. The van der Waals surface area contributed by atoms with Crippen LogP contribution in [-0.2, 0) is 20.8 Å². The number of anilines is 1. The standard InChI is InChI=1S/C23H23N3O5/c1-16(2)31-23(29)19-8-10-20(11-9-19)25-21(27)15-30-22(28)18-6-4-17(5-7-18)14-26-13-3-12-24-26/h3-13,16H,14-15H2,1-2H3,(H,25,27). The number of hydrogen-bond acceptors (Lipinski definition) is 6. The van der Waals surface area contributed by atoms with Gasteiger partial charge in [-0.05, 0) is 61.9 Å². The molecule has 1 N–H and O–H groups in total. The molecule has 0 aliphatic heterocycles. The minimum atomic E-state index is -0.590. The van der Waals surface area contributed by atoms with Crippen molar-refractivity contribution in [1.82, 2.24) is 9.78 Å². The Bertz CT molecular complexity index is 1030. The van der Waals surface area contributed by atoms with Gasteiger partial charge in [0.05, 0.1) is 23.8 Å². The molecule has 0 aliphatic carbocycles. The molecule has 3 rings (SSSR count). The molecule has 0 atom stereocenters. The molecule has 0 fully saturated rings. The largest absolute Gasteiger partial charge is 0.459 e. The maximum Gasteiger partial charge on any atom is 0.338 e. The highest BCUT2D eigenvalue weighted by atomic mass is 16.5. The van der Waals surface area contributed by atoms with Crippen molar-refractivity contribution in [3.05, 3.63) is 83.7 Å². The SMILES string of the molecule is CC(C)OC(=O)c1ccc(NC(=O)COC(=O)c2ccc(Cn3cccn3)cc2)cc1. The Morgan fingerprint density at radius 3 is 2.23 bits per heavy atom. The Labute approximate surface area is 179 Å². The molecule has 1 aromatic heterocycles. The Morgan fingerprint density at radius 2 is 1.61 bits per heavy atom. The smallest absolute Gasteiger partial charge is 0.338 e. The van der Waals surface area contributed by atoms with Crippen LogP contribution in [0.15, 0.2) is 67.0 Å². The molecule has 31 heavy (non-hydrogen) atoms. The van der Waals surface area contributed by atoms with Crippen molar-refractivity contribution in [3.8, 4) is 0 Å². The second kappa shape index (κ2) is 10.2. The van der Waals surface area contributed by atoms with Crippen LogP contribution < -0.4 is 5.32 Å². The molecule has 3 aromatic rings. The van der Waals surface area contributed by atoms with Crippen LogP contribution in [0.1, 0.15) is 40.1 Å². The van der Waals surface area contributed by atoms with Crippen LogP contribution in [0.2, 0.25) is 0 Å². The number of amides is 1. The predicted octanol–water partition coefficient (Wildman–Crippen LogP) is 3.29. The molecular formula is C23H23N3O5. The summed E-state index contributed by atoms with van der Waals surface area (Å²) in [6, 6.07) is 15.0. The maximum atomic E-state index is 12.2. The van der Waals surface area contributed by atoms with Crippen LogP contribution in [0.25, 0.3) is 0 Å². The molecule has 0 radical (unpaired) electrons. The first-order valence-electron chi connectivity index (χ1n) is 9.75. The number of esters is 2. The fraction of sp³-hybridized carbons (Fsp3) is 0.217. The van der Waals surface area contributed by atoms with Crippen molar-refractivity contribution in [2.24, 2.45) is 0 Å². The lowest BCUT2D eigenvalue weighted by atomic mass is 10.1. The minimum absolute atomic E-state index is 0.214. The summed E-state index contributed by atoms with van der Waals surface area (Å²) in [5.41, 5.74) is 2.20. The number of aromatic nitrogens is 2. The first kappa shape index (κ1) is 21.8. The van der Waals surface area contributed by atoms with Crippen molar-refractivity contribution in [2.45, 2.75) is 26.5 Å². The van der Waals surface area contributed by atoms with Crippen LogP contribution in [0.5, 0.6) is 0 Å². The average molecular weight is 421 g/mol. The molecule has 0 saturated heterocycles. The average Bonchev–Trinajstić information content (AvgIpc) is 3.25. The van der Waals surface area contributed by atoms with E-state index in [0.29, 0.717) is 23.4 Å². The second-order valence-electron chi connectivity index (χ2n) is 7.06. The number of ether oxygens (including phenoxy) is 2. The molecule has 160 valence electrons. The van der Waals surface area contributed by atoms with E-state index < -0.39 is 24.5 Å². The maximum absolute atomic E-state index is 12.2. The lowest BCUT2D eigenvalue weighted by Gasteiger charge is -2.09. The molecule has 0 aliphatic rings. The van der Waals surface area contributed by atoms with Gasteiger partial charge in [0.2, 0.25) is 0 Å². The quantitative estimate of drug-likeness (QED) is 0.561. The van der Waals surface area contributed by atoms with Gasteiger partial charge < -0.3 is 14.8 Å². The van der Waals surface area contributed by atoms with E-state index in [-0.39, 0.29) is 6.10 Å². The summed E-state index contributed by atoms with van der Waals surface area (Å²) in [4.78, 5) is 36.1. The second-order valence-corrected chi connectivity index (χ2v) is 7.06. The van der Waals surface area contributed by atoms with Gasteiger partial charge in [0.15, 0.2) is 6.61 Å². The third kappa shape index (κ3) is 6.53. The van der Waals surface area contributed by atoms with Gasteiger partial charge in [0, 0.05) is 18.1 Å². The molecule has 0 unspecified atom stereocenters. The first-order valence-corrected chi connectivity index (χ1v) is 9.75. The number of carbonyl (C=O) groups is 3. The zero-order valence-electron chi connectivity index (χ0n) is 17.3. The Morgan fingerprint density at radius 1 is 0.968 bits per heavy atom. The van der Waals surface area contributed by atoms with E-state index in [4.69, 9.17) is 9.47 Å². The van der Waals surface area contributed by atoms with Crippen molar-refractivity contribution in [2.75, 3.05) is 11.9 Å². The minimum Gasteiger partial charge on any atom is -0.459 e. The summed E-state index contributed by atoms with van der Waals surface area (Å²) < 4.78 is 12.0. The van der Waals surface area contributed by atoms with E-state index in [1.807, 2.05) is 24.4 Å². The Kier molecular flexibility index (Phi) is 7.16. The van der Waals surface area contributed by atoms with Gasteiger partial charge in [-0.1, -0.05) is 12.1 Å². The Hall–Kier alpha value is -3.94. The molecule has 2 aromatic carbocycles. The van der Waals surface area contributed by atoms with Gasteiger partial charge in [0.25, 0.3) is 5.91 Å². The summed E-state index contributed by atoms with van der Waals surface area (Å²) >= 11 is 0. The molecule has 8 nitrogen and oxygen atoms in total. The number of rotatable bonds is 8. The summed E-state index contributed by atoms with van der Waals surface area (Å²) in [6.07, 6.45) is 3.34. The van der Waals surface area contributed by atoms with Gasteiger partial charge in [-0.3, -0.25) is 9.48 Å². The summed E-state index contributed by atoms with van der Waals surface area (Å²) in [6.45, 7) is 3.70. The number of nitrogens with zero attached hydrogens (tertiary/aromatic N) is 2. The fourth-order valence-corrected chi connectivity index (χ4v) is 2.71. The van der Waals surface area contributed by atoms with Gasteiger partial charge in [-0.2, -0.15) is 5.10 Å². The van der Waals surface area contributed by atoms with Crippen molar-refractivity contribution in [3.63, 3.8) is 0 Å². The van der Waals surface area contributed by atoms with E-state index in [0.717, 1.165) is 5.56 Å². The highest BCUT2D eigenvalue weighted by Gasteiger charge is 2.12. The summed E-state index contributed by atoms with van der Waals surface area (Å²) in [7, 11) is 0. The molecular weight excluding hydrogens is 398 g/mol. The van der Waals surface area contributed by atoms with Crippen LogP contribution in [0.4, 0.5) is 5.69 Å². The zero-order chi connectivity index (χ0) is 22.2. The van der Waals surface area contributed by atoms with Crippen LogP contribution in [0, 0.1) is 0 Å². The Balaban J connectivity index is 1.46. The van der Waals surface area contributed by atoms with Crippen molar-refractivity contribution < 1.29 is 23.9 Å². The fourth-order valence-electron chi connectivity index (χ4n) is 2.71. The van der Waals surface area contributed by atoms with Gasteiger partial charge >= 0.3 is 11.9 Å². The lowest BCUT2D eigenvalue weighted by Crippen LogP contribution is -2.21. The lowest BCUT2D eigenvalue weighted by molar-refractivity contribution is -0.119. The van der Waals surface area contributed by atoms with E-state index in [2.05, 4.69) is 10.4 Å². The number of benzene rings is 2. The van der Waals surface area contributed by atoms with Crippen LogP contribution in [-0.4, -0.2) is 40.3 Å². The molecule has 0 bridgehead atoms. The van der Waals surface area contributed by atoms with Crippen molar-refractivity contribution >= 4 is 23.5 Å². The van der Waals surface area contributed by atoms with Gasteiger partial charge in [0.1, 0.15) is 0 Å². The number of carbonyl (C=O) groups excluding carboxylic acids is 3. The van der Waals surface area contributed by atoms with Crippen LogP contribution in [0.3, 0.4) is 0 Å². The number of nitrogens with one attached hydrogen (secondary N) is 1. The molecule has 0 saturated carbocycles. The van der Waals surface area contributed by atoms with E-state index in [1.54, 1.807) is 61.1 Å². The number of hydrogen-bond donors (Lipinski definition) is 1. The highest BCUT2D eigenvalue weighted by Crippen LogP contribution is 2.12. The first-order chi connectivity index (χ1) is 14.9. The van der Waals surface area contributed by atoms with Crippen molar-refractivity contribution in [1.29, 1.82) is 0 Å². The third-order valence-electron chi connectivity index (χ3n) is 4.17. The predicted molar refractivity (Wildman–Crippen MR) is 114 cm³/mol. The zero-order valence-corrected chi connectivity index (χ0v) is 17.3. The van der Waals surface area contributed by atoms with E-state index >= 15 is 0 Å². The van der Waals surface area contributed by atoms with Gasteiger partial charge in [-0.25, -0.2) is 9.59 Å². The molecule has 1 heterocycles. The molecule has 0 spiro atoms. The van der Waals surface area contributed by atoms with E-state index in [9.17, 15) is 14.4 Å². The molecule has 1 amide bonds. The normalized spacial score (nSPS) is 10.5. The monoisotopic (exact) mass is 421 g/mol.